The van der Waals surface area contributed by atoms with Crippen LogP contribution in [0, 0.1) is 5.92 Å². The van der Waals surface area contributed by atoms with Crippen molar-refractivity contribution in [1.29, 1.82) is 0 Å². The second-order valence-corrected chi connectivity index (χ2v) is 10.7. The molecule has 0 N–H and O–H groups in total. The minimum Gasteiger partial charge on any atom is -0.317 e. The van der Waals surface area contributed by atoms with Gasteiger partial charge in [0.2, 0.25) is 15.0 Å². The summed E-state index contributed by atoms with van der Waals surface area (Å²) >= 11 is 0. The van der Waals surface area contributed by atoms with Crippen molar-refractivity contribution in [2.75, 3.05) is 52.1 Å². The molecule has 0 spiro atoms. The summed E-state index contributed by atoms with van der Waals surface area (Å²) in [5.74, 6) is 0.376. The van der Waals surface area contributed by atoms with Crippen molar-refractivity contribution in [3.8, 4) is 0 Å². The van der Waals surface area contributed by atoms with Crippen LogP contribution >= 0.6 is 0 Å². The molecule has 3 rings (SSSR count). The number of piperazine rings is 1. The second-order valence-electron chi connectivity index (χ2n) is 8.79. The fraction of sp³-hybridized carbons (Fsp3) is 0.850. The van der Waals surface area contributed by atoms with E-state index in [1.54, 1.807) is 6.20 Å². The quantitative estimate of drug-likeness (QED) is 0.678. The minimum atomic E-state index is -3.31. The first kappa shape index (κ1) is 21.7. The van der Waals surface area contributed by atoms with Crippen LogP contribution in [0.4, 0.5) is 0 Å². The molecule has 0 aliphatic carbocycles. The summed E-state index contributed by atoms with van der Waals surface area (Å²) in [5, 5.41) is 0.208. The predicted octanol–water partition coefficient (Wildman–Crippen LogP) is 1.54. The van der Waals surface area contributed by atoms with Gasteiger partial charge in [-0.1, -0.05) is 20.8 Å². The van der Waals surface area contributed by atoms with Crippen LogP contribution in [0.3, 0.4) is 0 Å². The monoisotopic (exact) mass is 411 g/mol. The Kier molecular flexibility index (Phi) is 7.17. The molecule has 0 aromatic carbocycles. The Balaban J connectivity index is 1.58. The number of aromatic nitrogens is 2. The first-order valence-electron chi connectivity index (χ1n) is 10.7. The largest absolute Gasteiger partial charge is 0.317 e. The fourth-order valence-electron chi connectivity index (χ4n) is 4.49. The molecule has 160 valence electrons. The Hall–Kier alpha value is -0.960. The lowest BCUT2D eigenvalue weighted by molar-refractivity contribution is 0.0587. The number of nitrogens with zero attached hydrogens (tertiary/aromatic N) is 5. The lowest BCUT2D eigenvalue weighted by Crippen LogP contribution is -2.53. The van der Waals surface area contributed by atoms with E-state index < -0.39 is 9.84 Å². The van der Waals surface area contributed by atoms with Crippen molar-refractivity contribution >= 4 is 9.84 Å². The van der Waals surface area contributed by atoms with Gasteiger partial charge in [-0.25, -0.2) is 13.4 Å². The third-order valence-electron chi connectivity index (χ3n) is 6.09. The zero-order valence-electron chi connectivity index (χ0n) is 18.0. The van der Waals surface area contributed by atoms with Crippen LogP contribution in [-0.4, -0.2) is 90.8 Å². The molecule has 0 saturated carbocycles. The summed E-state index contributed by atoms with van der Waals surface area (Å²) in [7, 11) is -3.31. The zero-order chi connectivity index (χ0) is 20.3. The second kappa shape index (κ2) is 9.24. The molecule has 3 heterocycles. The van der Waals surface area contributed by atoms with Gasteiger partial charge in [0.25, 0.3) is 0 Å². The molecule has 2 fully saturated rings. The SMILES string of the molecule is CCN1CCN(C2CCN(Cc3cnc(S(C)(=O)=O)n3CC(C)C)CC2)CC1. The number of hydrogen-bond donors (Lipinski definition) is 0. The highest BCUT2D eigenvalue weighted by atomic mass is 32.2. The van der Waals surface area contributed by atoms with E-state index in [1.807, 2.05) is 4.57 Å². The highest BCUT2D eigenvalue weighted by molar-refractivity contribution is 7.90. The van der Waals surface area contributed by atoms with Gasteiger partial charge in [-0.3, -0.25) is 9.80 Å². The fourth-order valence-corrected chi connectivity index (χ4v) is 5.33. The Morgan fingerprint density at radius 3 is 2.25 bits per heavy atom. The average Bonchev–Trinajstić information content (AvgIpc) is 3.04. The predicted molar refractivity (Wildman–Crippen MR) is 112 cm³/mol. The first-order valence-corrected chi connectivity index (χ1v) is 12.6. The lowest BCUT2D eigenvalue weighted by atomic mass is 10.0. The molecule has 0 atom stereocenters. The van der Waals surface area contributed by atoms with Gasteiger partial charge in [0.1, 0.15) is 0 Å². The number of hydrogen-bond acceptors (Lipinski definition) is 6. The van der Waals surface area contributed by atoms with E-state index in [4.69, 9.17) is 0 Å². The van der Waals surface area contributed by atoms with E-state index in [2.05, 4.69) is 40.5 Å². The van der Waals surface area contributed by atoms with Crippen LogP contribution in [0.25, 0.3) is 0 Å². The van der Waals surface area contributed by atoms with Crippen molar-refractivity contribution in [2.45, 2.75) is 57.9 Å². The van der Waals surface area contributed by atoms with Gasteiger partial charge in [-0.15, -0.1) is 0 Å². The number of piperidine rings is 1. The van der Waals surface area contributed by atoms with Gasteiger partial charge in [-0.05, 0) is 25.3 Å². The molecule has 2 aliphatic rings. The molecule has 8 heteroatoms. The topological polar surface area (TPSA) is 61.7 Å². The van der Waals surface area contributed by atoms with Crippen molar-refractivity contribution in [3.63, 3.8) is 0 Å². The van der Waals surface area contributed by atoms with Crippen molar-refractivity contribution in [1.82, 2.24) is 24.3 Å². The maximum absolute atomic E-state index is 12.1. The van der Waals surface area contributed by atoms with Crippen LogP contribution in [-0.2, 0) is 22.9 Å². The highest BCUT2D eigenvalue weighted by Gasteiger charge is 2.28. The molecule has 1 aromatic rings. The molecular weight excluding hydrogens is 374 g/mol. The van der Waals surface area contributed by atoms with E-state index in [0.717, 1.165) is 31.9 Å². The molecule has 7 nitrogen and oxygen atoms in total. The molecule has 0 amide bonds. The first-order chi connectivity index (χ1) is 13.3. The number of sulfone groups is 1. The molecule has 1 aromatic heterocycles. The van der Waals surface area contributed by atoms with Crippen molar-refractivity contribution in [2.24, 2.45) is 5.92 Å². The summed E-state index contributed by atoms with van der Waals surface area (Å²) in [6, 6.07) is 0.697. The summed E-state index contributed by atoms with van der Waals surface area (Å²) < 4.78 is 26.1. The lowest BCUT2D eigenvalue weighted by Gasteiger charge is -2.42. The third-order valence-corrected chi connectivity index (χ3v) is 7.08. The molecule has 0 bridgehead atoms. The highest BCUT2D eigenvalue weighted by Crippen LogP contribution is 2.21. The van der Waals surface area contributed by atoms with E-state index in [1.165, 1.54) is 45.3 Å². The Labute approximate surface area is 170 Å². The number of imidazole rings is 1. The minimum absolute atomic E-state index is 0.208. The average molecular weight is 412 g/mol. The van der Waals surface area contributed by atoms with Crippen LogP contribution in [0.15, 0.2) is 11.4 Å². The maximum Gasteiger partial charge on any atom is 0.227 e. The van der Waals surface area contributed by atoms with Crippen LogP contribution in [0.2, 0.25) is 0 Å². The smallest absolute Gasteiger partial charge is 0.227 e. The van der Waals surface area contributed by atoms with Crippen LogP contribution in [0.1, 0.15) is 39.3 Å². The standard InChI is InChI=1S/C20H37N5O2S/c1-5-22-10-12-24(13-11-22)18-6-8-23(9-7-18)16-19-14-21-20(28(4,26)27)25(19)15-17(2)3/h14,17-18H,5-13,15-16H2,1-4H3. The van der Waals surface area contributed by atoms with Crippen LogP contribution < -0.4 is 0 Å². The summed E-state index contributed by atoms with van der Waals surface area (Å²) in [6.07, 6.45) is 5.40. The Bertz CT molecular complexity index is 730. The van der Waals surface area contributed by atoms with Gasteiger partial charge >= 0.3 is 0 Å². The summed E-state index contributed by atoms with van der Waals surface area (Å²) in [6.45, 7) is 16.0. The molecule has 28 heavy (non-hydrogen) atoms. The molecule has 0 unspecified atom stereocenters. The van der Waals surface area contributed by atoms with Gasteiger partial charge in [-0.2, -0.15) is 0 Å². The summed E-state index contributed by atoms with van der Waals surface area (Å²) in [4.78, 5) is 11.9. The molecule has 0 radical (unpaired) electrons. The number of likely N-dealkylation sites (N-methyl/N-ethyl adjacent to an activating group) is 1. The van der Waals surface area contributed by atoms with Crippen molar-refractivity contribution < 1.29 is 8.42 Å². The maximum atomic E-state index is 12.1. The number of rotatable bonds is 7. The molecule has 2 saturated heterocycles. The Morgan fingerprint density at radius 2 is 1.71 bits per heavy atom. The van der Waals surface area contributed by atoms with E-state index >= 15 is 0 Å². The van der Waals surface area contributed by atoms with Crippen LogP contribution in [0.5, 0.6) is 0 Å². The molecule has 2 aliphatic heterocycles. The van der Waals surface area contributed by atoms with E-state index in [9.17, 15) is 8.42 Å². The normalized spacial score (nSPS) is 21.6. The van der Waals surface area contributed by atoms with E-state index in [0.29, 0.717) is 18.5 Å². The summed E-state index contributed by atoms with van der Waals surface area (Å²) in [5.41, 5.74) is 1.02. The zero-order valence-corrected chi connectivity index (χ0v) is 18.8. The number of likely N-dealkylation sites (tertiary alicyclic amines) is 1. The van der Waals surface area contributed by atoms with Gasteiger partial charge in [0.15, 0.2) is 0 Å². The van der Waals surface area contributed by atoms with Crippen molar-refractivity contribution in [3.05, 3.63) is 11.9 Å². The van der Waals surface area contributed by atoms with Gasteiger partial charge < -0.3 is 9.47 Å². The van der Waals surface area contributed by atoms with E-state index in [-0.39, 0.29) is 5.16 Å². The third kappa shape index (κ3) is 5.34. The van der Waals surface area contributed by atoms with Gasteiger partial charge in [0, 0.05) is 64.7 Å². The molecular formula is C20H37N5O2S. The van der Waals surface area contributed by atoms with Gasteiger partial charge in [0.05, 0.1) is 11.9 Å². The Morgan fingerprint density at radius 1 is 1.07 bits per heavy atom.